The molecule has 4 nitrogen and oxygen atoms in total. The van der Waals surface area contributed by atoms with Gasteiger partial charge in [-0.2, -0.15) is 13.2 Å². The maximum Gasteiger partial charge on any atom is 0.417 e. The lowest BCUT2D eigenvalue weighted by molar-refractivity contribution is -0.138. The zero-order chi connectivity index (χ0) is 24.5. The van der Waals surface area contributed by atoms with Crippen LogP contribution in [0.3, 0.4) is 0 Å². The summed E-state index contributed by atoms with van der Waals surface area (Å²) in [4.78, 5) is 15.6. The van der Waals surface area contributed by atoms with Crippen LogP contribution in [0.2, 0.25) is 0 Å². The number of nitrogens with one attached hydrogen (secondary N) is 1. The Kier molecular flexibility index (Phi) is 7.01. The maximum atomic E-state index is 13.4. The van der Waals surface area contributed by atoms with E-state index in [-0.39, 0.29) is 17.1 Å². The monoisotopic (exact) mass is 489 g/mol. The third-order valence-corrected chi connectivity index (χ3v) is 7.75. The van der Waals surface area contributed by atoms with Gasteiger partial charge in [0.05, 0.1) is 22.6 Å². The fourth-order valence-electron chi connectivity index (χ4n) is 4.28. The molecule has 0 atom stereocenters. The van der Waals surface area contributed by atoms with E-state index in [4.69, 9.17) is 0 Å². The van der Waals surface area contributed by atoms with Gasteiger partial charge in [-0.15, -0.1) is 0 Å². The largest absolute Gasteiger partial charge is 0.417 e. The van der Waals surface area contributed by atoms with Gasteiger partial charge in [0.15, 0.2) is 0 Å². The highest BCUT2D eigenvalue weighted by molar-refractivity contribution is 8.06. The highest BCUT2D eigenvalue weighted by Crippen LogP contribution is 2.43. The SMILES string of the molecule is CC(C)(C)N1CC(NC2CCN(C(=O)c3ccccc3C(F)(F)F)CC2)=C(c2ccccc2)S1. The van der Waals surface area contributed by atoms with Crippen LogP contribution in [-0.4, -0.2) is 46.3 Å². The van der Waals surface area contributed by atoms with Crippen molar-refractivity contribution in [3.05, 3.63) is 77.0 Å². The van der Waals surface area contributed by atoms with Crippen molar-refractivity contribution in [1.29, 1.82) is 0 Å². The van der Waals surface area contributed by atoms with Crippen molar-refractivity contribution in [1.82, 2.24) is 14.5 Å². The van der Waals surface area contributed by atoms with Gasteiger partial charge < -0.3 is 10.2 Å². The maximum absolute atomic E-state index is 13.4. The first-order valence-corrected chi connectivity index (χ1v) is 12.3. The van der Waals surface area contributed by atoms with Gasteiger partial charge >= 0.3 is 6.18 Å². The molecule has 0 bridgehead atoms. The number of rotatable bonds is 4. The fraction of sp³-hybridized carbons (Fsp3) is 0.423. The number of halogens is 3. The first-order chi connectivity index (χ1) is 16.0. The predicted molar refractivity (Wildman–Crippen MR) is 131 cm³/mol. The van der Waals surface area contributed by atoms with Crippen molar-refractivity contribution in [2.24, 2.45) is 0 Å². The molecule has 4 rings (SSSR count). The van der Waals surface area contributed by atoms with E-state index in [2.05, 4.69) is 42.5 Å². The van der Waals surface area contributed by atoms with Crippen LogP contribution in [0.5, 0.6) is 0 Å². The summed E-state index contributed by atoms with van der Waals surface area (Å²) in [5, 5.41) is 3.70. The summed E-state index contributed by atoms with van der Waals surface area (Å²) in [6, 6.07) is 15.5. The minimum Gasteiger partial charge on any atom is -0.383 e. The number of hydrogen-bond acceptors (Lipinski definition) is 4. The van der Waals surface area contributed by atoms with E-state index < -0.39 is 17.6 Å². The number of hydrogen-bond donors (Lipinski definition) is 1. The van der Waals surface area contributed by atoms with Crippen molar-refractivity contribution in [3.8, 4) is 0 Å². The van der Waals surface area contributed by atoms with Crippen molar-refractivity contribution in [2.45, 2.75) is 51.4 Å². The number of likely N-dealkylation sites (tertiary alicyclic amines) is 1. The summed E-state index contributed by atoms with van der Waals surface area (Å²) in [5.41, 5.74) is 1.18. The average molecular weight is 490 g/mol. The number of carbonyl (C=O) groups excluding carboxylic acids is 1. The summed E-state index contributed by atoms with van der Waals surface area (Å²) in [6.07, 6.45) is -3.18. The fourth-order valence-corrected chi connectivity index (χ4v) is 5.44. The van der Waals surface area contributed by atoms with Crippen molar-refractivity contribution in [3.63, 3.8) is 0 Å². The molecule has 2 heterocycles. The Hall–Kier alpha value is -2.45. The molecule has 0 aromatic heterocycles. The van der Waals surface area contributed by atoms with Gasteiger partial charge in [0.2, 0.25) is 0 Å². The van der Waals surface area contributed by atoms with Crippen molar-refractivity contribution >= 4 is 22.8 Å². The molecule has 2 aromatic rings. The van der Waals surface area contributed by atoms with Crippen LogP contribution in [0.4, 0.5) is 13.2 Å². The number of alkyl halides is 3. The quantitative estimate of drug-likeness (QED) is 0.532. The van der Waals surface area contributed by atoms with Crippen LogP contribution in [0, 0.1) is 0 Å². The lowest BCUT2D eigenvalue weighted by Gasteiger charge is -2.34. The molecule has 0 spiro atoms. The molecular formula is C26H30F3N3OS. The second-order valence-corrected chi connectivity index (χ2v) is 10.8. The topological polar surface area (TPSA) is 35.6 Å². The number of benzene rings is 2. The van der Waals surface area contributed by atoms with Crippen LogP contribution in [0.25, 0.3) is 4.91 Å². The molecule has 0 saturated carbocycles. The Morgan fingerprint density at radius 1 is 0.971 bits per heavy atom. The number of nitrogens with zero attached hydrogens (tertiary/aromatic N) is 2. The second-order valence-electron chi connectivity index (χ2n) is 9.73. The average Bonchev–Trinajstić information content (AvgIpc) is 3.23. The molecule has 0 unspecified atom stereocenters. The Balaban J connectivity index is 1.45. The molecule has 2 aliphatic rings. The summed E-state index contributed by atoms with van der Waals surface area (Å²) in [6.45, 7) is 8.20. The van der Waals surface area contributed by atoms with Crippen LogP contribution in [0.1, 0.15) is 55.1 Å². The highest BCUT2D eigenvalue weighted by Gasteiger charge is 2.37. The van der Waals surface area contributed by atoms with Gasteiger partial charge in [-0.3, -0.25) is 4.79 Å². The Morgan fingerprint density at radius 3 is 2.21 bits per heavy atom. The third kappa shape index (κ3) is 5.44. The normalized spacial score (nSPS) is 18.5. The zero-order valence-corrected chi connectivity index (χ0v) is 20.5. The van der Waals surface area contributed by atoms with E-state index in [0.717, 1.165) is 18.2 Å². The standard InChI is InChI=1S/C26H30F3N3OS/c1-25(2,3)32-17-22(23(34-32)18-9-5-4-6-10-18)30-19-13-15-31(16-14-19)24(33)20-11-7-8-12-21(20)26(27,28)29/h4-12,19,30H,13-17H2,1-3H3. The lowest BCUT2D eigenvalue weighted by Crippen LogP contribution is -2.46. The van der Waals surface area contributed by atoms with Gasteiger partial charge in [0.1, 0.15) is 0 Å². The highest BCUT2D eigenvalue weighted by atomic mass is 32.2. The van der Waals surface area contributed by atoms with Crippen LogP contribution < -0.4 is 5.32 Å². The van der Waals surface area contributed by atoms with E-state index in [0.29, 0.717) is 25.9 Å². The van der Waals surface area contributed by atoms with E-state index in [9.17, 15) is 18.0 Å². The first-order valence-electron chi connectivity index (χ1n) is 11.5. The van der Waals surface area contributed by atoms with Gasteiger partial charge in [0.25, 0.3) is 5.91 Å². The molecule has 2 aliphatic heterocycles. The second kappa shape index (κ2) is 9.66. The number of carbonyl (C=O) groups is 1. The lowest BCUT2D eigenvalue weighted by atomic mass is 10.0. The van der Waals surface area contributed by atoms with Gasteiger partial charge in [0, 0.05) is 30.4 Å². The summed E-state index contributed by atoms with van der Waals surface area (Å²) >= 11 is 1.75. The van der Waals surface area contributed by atoms with E-state index in [1.165, 1.54) is 28.8 Å². The number of amides is 1. The Labute approximate surface area is 203 Å². The molecule has 182 valence electrons. The molecule has 1 N–H and O–H groups in total. The Morgan fingerprint density at radius 2 is 1.59 bits per heavy atom. The van der Waals surface area contributed by atoms with Gasteiger partial charge in [-0.1, -0.05) is 42.5 Å². The molecule has 1 amide bonds. The van der Waals surface area contributed by atoms with Gasteiger partial charge in [-0.25, -0.2) is 4.31 Å². The minimum atomic E-state index is -4.55. The smallest absolute Gasteiger partial charge is 0.383 e. The van der Waals surface area contributed by atoms with Gasteiger partial charge in [-0.05, 0) is 63.3 Å². The summed E-state index contributed by atoms with van der Waals surface area (Å²) in [7, 11) is 0. The van der Waals surface area contributed by atoms with Crippen molar-refractivity contribution in [2.75, 3.05) is 19.6 Å². The number of piperidine rings is 1. The zero-order valence-electron chi connectivity index (χ0n) is 19.7. The molecular weight excluding hydrogens is 459 g/mol. The van der Waals surface area contributed by atoms with Crippen LogP contribution in [-0.2, 0) is 6.18 Å². The minimum absolute atomic E-state index is 0.00418. The molecule has 0 radical (unpaired) electrons. The predicted octanol–water partition coefficient (Wildman–Crippen LogP) is 6.03. The molecule has 1 fully saturated rings. The van der Waals surface area contributed by atoms with E-state index >= 15 is 0 Å². The third-order valence-electron chi connectivity index (χ3n) is 6.18. The first kappa shape index (κ1) is 24.7. The van der Waals surface area contributed by atoms with Crippen molar-refractivity contribution < 1.29 is 18.0 Å². The Bertz CT molecular complexity index is 1050. The summed E-state index contributed by atoms with van der Waals surface area (Å²) < 4.78 is 42.4. The van der Waals surface area contributed by atoms with Crippen LogP contribution in [0.15, 0.2) is 60.3 Å². The summed E-state index contributed by atoms with van der Waals surface area (Å²) in [5.74, 6) is -0.550. The molecule has 34 heavy (non-hydrogen) atoms. The van der Waals surface area contributed by atoms with E-state index in [1.807, 2.05) is 18.2 Å². The van der Waals surface area contributed by atoms with Crippen LogP contribution >= 0.6 is 11.9 Å². The molecule has 1 saturated heterocycles. The van der Waals surface area contributed by atoms with E-state index in [1.54, 1.807) is 16.8 Å². The molecule has 2 aromatic carbocycles. The molecule has 8 heteroatoms. The molecule has 0 aliphatic carbocycles.